The van der Waals surface area contributed by atoms with E-state index in [0.717, 1.165) is 38.0 Å². The van der Waals surface area contributed by atoms with E-state index in [1.807, 2.05) is 0 Å². The van der Waals surface area contributed by atoms with Gasteiger partial charge in [-0.3, -0.25) is 0 Å². The van der Waals surface area contributed by atoms with Gasteiger partial charge in [0.2, 0.25) is 0 Å². The van der Waals surface area contributed by atoms with E-state index in [1.165, 1.54) is 19.3 Å². The van der Waals surface area contributed by atoms with Crippen molar-refractivity contribution < 1.29 is 9.84 Å². The minimum Gasteiger partial charge on any atom is -0.365 e. The Morgan fingerprint density at radius 2 is 1.78 bits per heavy atom. The Balaban J connectivity index is 1.99. The molecule has 0 saturated heterocycles. The van der Waals surface area contributed by atoms with E-state index in [-0.39, 0.29) is 6.10 Å². The Labute approximate surface area is 112 Å². The lowest BCUT2D eigenvalue weighted by Crippen LogP contribution is -2.44. The quantitative estimate of drug-likeness (QED) is 0.768. The molecule has 0 radical (unpaired) electrons. The maximum atomic E-state index is 10.6. The number of rotatable bonds is 3. The van der Waals surface area contributed by atoms with Crippen molar-refractivity contribution in [1.82, 2.24) is 0 Å². The van der Waals surface area contributed by atoms with Gasteiger partial charge < -0.3 is 9.84 Å². The number of hydrogen-bond donors (Lipinski definition) is 1. The third-order valence-corrected chi connectivity index (χ3v) is 4.97. The summed E-state index contributed by atoms with van der Waals surface area (Å²) in [5, 5.41) is 10.6. The fraction of sp³-hybridized carbons (Fsp3) is 1.00. The average molecular weight is 254 g/mol. The maximum absolute atomic E-state index is 10.6. The first-order chi connectivity index (χ1) is 8.50. The smallest absolute Gasteiger partial charge is 0.165 e. The van der Waals surface area contributed by atoms with Crippen LogP contribution in [-0.4, -0.2) is 17.0 Å². The lowest BCUT2D eigenvalue weighted by molar-refractivity contribution is -0.263. The van der Waals surface area contributed by atoms with Crippen LogP contribution >= 0.6 is 0 Å². The summed E-state index contributed by atoms with van der Waals surface area (Å²) in [5.41, 5.74) is 0. The molecule has 0 spiro atoms. The van der Waals surface area contributed by atoms with Crippen molar-refractivity contribution in [2.45, 2.75) is 84.0 Å². The van der Waals surface area contributed by atoms with Gasteiger partial charge in [0.1, 0.15) is 0 Å². The van der Waals surface area contributed by atoms with Gasteiger partial charge in [0.25, 0.3) is 0 Å². The molecule has 2 aliphatic rings. The summed E-state index contributed by atoms with van der Waals surface area (Å²) in [7, 11) is 0. The predicted molar refractivity (Wildman–Crippen MR) is 74.3 cm³/mol. The van der Waals surface area contributed by atoms with Crippen molar-refractivity contribution in [2.75, 3.05) is 0 Å². The van der Waals surface area contributed by atoms with Gasteiger partial charge >= 0.3 is 0 Å². The van der Waals surface area contributed by atoms with Gasteiger partial charge in [-0.05, 0) is 43.4 Å². The highest BCUT2D eigenvalue weighted by Crippen LogP contribution is 2.39. The second-order valence-electron chi connectivity index (χ2n) is 6.99. The van der Waals surface area contributed by atoms with Crippen LogP contribution in [0.2, 0.25) is 0 Å². The highest BCUT2D eigenvalue weighted by atomic mass is 16.6. The predicted octanol–water partition coefficient (Wildman–Crippen LogP) is 4.12. The third kappa shape index (κ3) is 3.48. The van der Waals surface area contributed by atoms with Crippen molar-refractivity contribution in [1.29, 1.82) is 0 Å². The van der Waals surface area contributed by atoms with Crippen LogP contribution < -0.4 is 0 Å². The second kappa shape index (κ2) is 5.92. The van der Waals surface area contributed by atoms with E-state index in [2.05, 4.69) is 20.8 Å². The van der Waals surface area contributed by atoms with Gasteiger partial charge in [-0.15, -0.1) is 0 Å². The first-order valence-corrected chi connectivity index (χ1v) is 7.90. The molecule has 106 valence electrons. The molecule has 2 saturated carbocycles. The Hall–Kier alpha value is -0.0800. The van der Waals surface area contributed by atoms with Crippen LogP contribution in [-0.2, 0) is 4.74 Å². The van der Waals surface area contributed by atoms with Crippen LogP contribution in [0, 0.1) is 17.8 Å². The molecule has 0 aromatic carbocycles. The summed E-state index contributed by atoms with van der Waals surface area (Å²) in [4.78, 5) is 0. The molecule has 3 unspecified atom stereocenters. The maximum Gasteiger partial charge on any atom is 0.165 e. The molecule has 0 heterocycles. The molecular formula is C16H30O2. The Morgan fingerprint density at radius 1 is 1.11 bits per heavy atom. The van der Waals surface area contributed by atoms with E-state index < -0.39 is 5.79 Å². The zero-order valence-electron chi connectivity index (χ0n) is 12.3. The molecule has 0 aromatic rings. The molecule has 2 rings (SSSR count). The normalized spacial score (nSPS) is 36.8. The minimum atomic E-state index is -0.812. The summed E-state index contributed by atoms with van der Waals surface area (Å²) in [5.74, 6) is 1.23. The van der Waals surface area contributed by atoms with Crippen molar-refractivity contribution in [3.05, 3.63) is 0 Å². The third-order valence-electron chi connectivity index (χ3n) is 4.97. The number of ether oxygens (including phenoxy) is 1. The topological polar surface area (TPSA) is 29.5 Å². The van der Waals surface area contributed by atoms with Crippen LogP contribution in [0.25, 0.3) is 0 Å². The summed E-state index contributed by atoms with van der Waals surface area (Å²) < 4.78 is 6.22. The van der Waals surface area contributed by atoms with Gasteiger partial charge in [0, 0.05) is 12.8 Å². The lowest BCUT2D eigenvalue weighted by atomic mass is 9.75. The molecule has 2 fully saturated rings. The Kier molecular flexibility index (Phi) is 4.71. The van der Waals surface area contributed by atoms with Crippen LogP contribution in [0.5, 0.6) is 0 Å². The van der Waals surface area contributed by atoms with Crippen LogP contribution in [0.4, 0.5) is 0 Å². The van der Waals surface area contributed by atoms with E-state index in [4.69, 9.17) is 4.74 Å². The monoisotopic (exact) mass is 254 g/mol. The summed E-state index contributed by atoms with van der Waals surface area (Å²) >= 11 is 0. The van der Waals surface area contributed by atoms with Crippen molar-refractivity contribution in [3.63, 3.8) is 0 Å². The summed E-state index contributed by atoms with van der Waals surface area (Å²) in [6.45, 7) is 6.90. The zero-order valence-corrected chi connectivity index (χ0v) is 12.3. The first-order valence-electron chi connectivity index (χ1n) is 7.90. The molecule has 0 aliphatic heterocycles. The Morgan fingerprint density at radius 3 is 2.39 bits per heavy atom. The Bertz CT molecular complexity index is 256. The molecule has 0 bridgehead atoms. The molecule has 2 heteroatoms. The minimum absolute atomic E-state index is 0.275. The van der Waals surface area contributed by atoms with Crippen molar-refractivity contribution in [2.24, 2.45) is 17.8 Å². The van der Waals surface area contributed by atoms with Crippen LogP contribution in [0.15, 0.2) is 0 Å². The molecule has 3 atom stereocenters. The highest BCUT2D eigenvalue weighted by molar-refractivity contribution is 4.84. The molecule has 2 aliphatic carbocycles. The summed E-state index contributed by atoms with van der Waals surface area (Å²) in [6.07, 6.45) is 9.14. The molecular weight excluding hydrogens is 224 g/mol. The van der Waals surface area contributed by atoms with E-state index in [9.17, 15) is 5.11 Å². The van der Waals surface area contributed by atoms with E-state index >= 15 is 0 Å². The van der Waals surface area contributed by atoms with Crippen molar-refractivity contribution in [3.8, 4) is 0 Å². The van der Waals surface area contributed by atoms with Crippen LogP contribution in [0.1, 0.15) is 72.1 Å². The fourth-order valence-corrected chi connectivity index (χ4v) is 3.75. The van der Waals surface area contributed by atoms with E-state index in [0.29, 0.717) is 11.8 Å². The molecule has 0 aromatic heterocycles. The lowest BCUT2D eigenvalue weighted by Gasteiger charge is -2.43. The molecule has 0 amide bonds. The van der Waals surface area contributed by atoms with Gasteiger partial charge in [-0.25, -0.2) is 0 Å². The molecule has 2 nitrogen and oxygen atoms in total. The number of hydrogen-bond acceptors (Lipinski definition) is 2. The molecule has 18 heavy (non-hydrogen) atoms. The van der Waals surface area contributed by atoms with Gasteiger partial charge in [0.05, 0.1) is 6.10 Å². The largest absolute Gasteiger partial charge is 0.365 e. The summed E-state index contributed by atoms with van der Waals surface area (Å²) in [6, 6.07) is 0. The van der Waals surface area contributed by atoms with Crippen molar-refractivity contribution >= 4 is 0 Å². The average Bonchev–Trinajstić information content (AvgIpc) is 2.28. The standard InChI is InChI=1S/C16H30O2/c1-12(2)14-8-7-13(3)11-15(14)18-16(17)9-5-4-6-10-16/h12-15,17H,4-11H2,1-3H3. The SMILES string of the molecule is CC1CCC(C(C)C)C(OC2(O)CCCCC2)C1. The van der Waals surface area contributed by atoms with Gasteiger partial charge in [0.15, 0.2) is 5.79 Å². The second-order valence-corrected chi connectivity index (χ2v) is 6.99. The molecule has 1 N–H and O–H groups in total. The first kappa shape index (κ1) is 14.3. The van der Waals surface area contributed by atoms with E-state index in [1.54, 1.807) is 0 Å². The zero-order chi connectivity index (χ0) is 13.2. The fourth-order valence-electron chi connectivity index (χ4n) is 3.75. The van der Waals surface area contributed by atoms with Gasteiger partial charge in [-0.2, -0.15) is 0 Å². The highest BCUT2D eigenvalue weighted by Gasteiger charge is 2.38. The van der Waals surface area contributed by atoms with Gasteiger partial charge in [-0.1, -0.05) is 33.6 Å². The van der Waals surface area contributed by atoms with Crippen LogP contribution in [0.3, 0.4) is 0 Å². The number of aliphatic hydroxyl groups is 1.